The van der Waals surface area contributed by atoms with E-state index in [0.29, 0.717) is 27.9 Å². The van der Waals surface area contributed by atoms with Crippen molar-refractivity contribution in [2.45, 2.75) is 6.42 Å². The summed E-state index contributed by atoms with van der Waals surface area (Å²) < 4.78 is 10.3. The van der Waals surface area contributed by atoms with E-state index in [1.54, 1.807) is 13.1 Å². The van der Waals surface area contributed by atoms with Gasteiger partial charge < -0.3 is 9.47 Å². The van der Waals surface area contributed by atoms with E-state index in [2.05, 4.69) is 15.4 Å². The first-order valence-corrected chi connectivity index (χ1v) is 6.10. The second-order valence-corrected chi connectivity index (χ2v) is 4.40. The van der Waals surface area contributed by atoms with Gasteiger partial charge in [-0.3, -0.25) is 4.79 Å². The Morgan fingerprint density at radius 2 is 2.10 bits per heavy atom. The minimum absolute atomic E-state index is 0.0413. The van der Waals surface area contributed by atoms with Gasteiger partial charge in [-0.15, -0.1) is 10.2 Å². The second kappa shape index (κ2) is 5.87. The summed E-state index contributed by atoms with van der Waals surface area (Å²) in [6.45, 7) is 0. The Morgan fingerprint density at radius 3 is 2.65 bits per heavy atom. The molecule has 2 aromatic rings. The lowest BCUT2D eigenvalue weighted by Gasteiger charge is -2.10. The molecule has 0 aliphatic carbocycles. The van der Waals surface area contributed by atoms with Crippen LogP contribution in [-0.4, -0.2) is 40.2 Å². The number of hydrogen-bond donors (Lipinski definition) is 0. The third kappa shape index (κ3) is 2.88. The van der Waals surface area contributed by atoms with E-state index >= 15 is 0 Å². The van der Waals surface area contributed by atoms with Gasteiger partial charge in [0.05, 0.1) is 32.7 Å². The molecule has 0 N–H and O–H groups in total. The third-order valence-electron chi connectivity index (χ3n) is 2.62. The van der Waals surface area contributed by atoms with Crippen molar-refractivity contribution >= 4 is 17.4 Å². The molecule has 0 saturated heterocycles. The highest BCUT2D eigenvalue weighted by Gasteiger charge is 2.17. The zero-order chi connectivity index (χ0) is 14.7. The summed E-state index contributed by atoms with van der Waals surface area (Å²) in [5, 5.41) is 11.7. The molecule has 0 atom stereocenters. The van der Waals surface area contributed by atoms with Crippen molar-refractivity contribution in [1.29, 1.82) is 0 Å². The Labute approximate surface area is 120 Å². The lowest BCUT2D eigenvalue weighted by Crippen LogP contribution is -2.06. The molecule has 20 heavy (non-hydrogen) atoms. The first-order chi connectivity index (χ1) is 9.55. The van der Waals surface area contributed by atoms with Crippen LogP contribution in [-0.2, 0) is 13.5 Å². The Morgan fingerprint density at radius 1 is 1.35 bits per heavy atom. The number of rotatable bonds is 5. The van der Waals surface area contributed by atoms with Gasteiger partial charge in [-0.25, -0.2) is 0 Å². The van der Waals surface area contributed by atoms with Crippen LogP contribution >= 0.6 is 11.6 Å². The first kappa shape index (κ1) is 14.3. The van der Waals surface area contributed by atoms with Gasteiger partial charge in [0.2, 0.25) is 0 Å². The lowest BCUT2D eigenvalue weighted by molar-refractivity contribution is 0.0990. The van der Waals surface area contributed by atoms with Gasteiger partial charge in [-0.1, -0.05) is 11.6 Å². The molecule has 0 unspecified atom stereocenters. The average molecular weight is 297 g/mol. The van der Waals surface area contributed by atoms with E-state index in [1.165, 1.54) is 25.1 Å². The monoisotopic (exact) mass is 296 g/mol. The summed E-state index contributed by atoms with van der Waals surface area (Å²) in [5.74, 6) is 0.961. The van der Waals surface area contributed by atoms with Gasteiger partial charge in [0.1, 0.15) is 0 Å². The van der Waals surface area contributed by atoms with Crippen LogP contribution in [0.1, 0.15) is 16.2 Å². The van der Waals surface area contributed by atoms with Crippen molar-refractivity contribution in [3.63, 3.8) is 0 Å². The smallest absolute Gasteiger partial charge is 0.182 e. The molecule has 0 fully saturated rings. The fourth-order valence-electron chi connectivity index (χ4n) is 1.72. The summed E-state index contributed by atoms with van der Waals surface area (Å²) in [6.07, 6.45) is 0.0413. The van der Waals surface area contributed by atoms with Crippen molar-refractivity contribution in [3.8, 4) is 11.5 Å². The number of ether oxygens (including phenoxy) is 2. The zero-order valence-electron chi connectivity index (χ0n) is 11.3. The van der Waals surface area contributed by atoms with Crippen LogP contribution in [0.2, 0.25) is 5.02 Å². The van der Waals surface area contributed by atoms with Gasteiger partial charge in [-0.2, -0.15) is 4.80 Å². The molecule has 106 valence electrons. The predicted octanol–water partition coefficient (Wildman–Crippen LogP) is 1.31. The molecule has 1 heterocycles. The van der Waals surface area contributed by atoms with E-state index in [4.69, 9.17) is 21.1 Å². The SMILES string of the molecule is COc1cc(C(=O)Cc2nnn(C)n2)cc(Cl)c1OC. The normalized spacial score (nSPS) is 10.4. The van der Waals surface area contributed by atoms with Crippen molar-refractivity contribution in [1.82, 2.24) is 20.2 Å². The molecule has 0 radical (unpaired) electrons. The fourth-order valence-corrected chi connectivity index (χ4v) is 2.01. The molecule has 0 aliphatic rings. The van der Waals surface area contributed by atoms with Crippen molar-refractivity contribution in [3.05, 3.63) is 28.5 Å². The van der Waals surface area contributed by atoms with E-state index < -0.39 is 0 Å². The Kier molecular flexibility index (Phi) is 4.19. The van der Waals surface area contributed by atoms with Gasteiger partial charge >= 0.3 is 0 Å². The number of aromatic nitrogens is 4. The topological polar surface area (TPSA) is 79.1 Å². The largest absolute Gasteiger partial charge is 0.493 e. The number of tetrazole rings is 1. The van der Waals surface area contributed by atoms with Crippen molar-refractivity contribution in [2.24, 2.45) is 7.05 Å². The fraction of sp³-hybridized carbons (Fsp3) is 0.333. The Balaban J connectivity index is 2.28. The van der Waals surface area contributed by atoms with Crippen LogP contribution < -0.4 is 9.47 Å². The quantitative estimate of drug-likeness (QED) is 0.774. The molecule has 0 spiro atoms. The minimum Gasteiger partial charge on any atom is -0.493 e. The summed E-state index contributed by atoms with van der Waals surface area (Å²) in [6, 6.07) is 3.10. The molecular formula is C12H13ClN4O3. The lowest BCUT2D eigenvalue weighted by atomic mass is 10.1. The van der Waals surface area contributed by atoms with Crippen LogP contribution in [0, 0.1) is 0 Å². The Bertz CT molecular complexity index is 642. The van der Waals surface area contributed by atoms with Crippen LogP contribution in [0.15, 0.2) is 12.1 Å². The second-order valence-electron chi connectivity index (χ2n) is 3.99. The number of aryl methyl sites for hydroxylation is 1. The number of nitrogens with zero attached hydrogens (tertiary/aromatic N) is 4. The van der Waals surface area contributed by atoms with Gasteiger partial charge in [0.25, 0.3) is 0 Å². The molecular weight excluding hydrogens is 284 g/mol. The van der Waals surface area contributed by atoms with Gasteiger partial charge in [0, 0.05) is 5.56 Å². The first-order valence-electron chi connectivity index (χ1n) is 5.72. The summed E-state index contributed by atoms with van der Waals surface area (Å²) in [7, 11) is 4.59. The molecule has 0 saturated carbocycles. The number of benzene rings is 1. The number of methoxy groups -OCH3 is 2. The molecule has 7 nitrogen and oxygen atoms in total. The van der Waals surface area contributed by atoms with Crippen LogP contribution in [0.4, 0.5) is 0 Å². The molecule has 2 rings (SSSR count). The minimum atomic E-state index is -0.180. The van der Waals surface area contributed by atoms with E-state index in [1.807, 2.05) is 0 Å². The van der Waals surface area contributed by atoms with E-state index in [9.17, 15) is 4.79 Å². The van der Waals surface area contributed by atoms with Gasteiger partial charge in [0.15, 0.2) is 23.1 Å². The van der Waals surface area contributed by atoms with Crippen molar-refractivity contribution in [2.75, 3.05) is 14.2 Å². The highest BCUT2D eigenvalue weighted by molar-refractivity contribution is 6.32. The molecule has 0 bridgehead atoms. The van der Waals surface area contributed by atoms with Crippen LogP contribution in [0.3, 0.4) is 0 Å². The maximum absolute atomic E-state index is 12.2. The number of ketones is 1. The summed E-state index contributed by atoms with van der Waals surface area (Å²) in [5.41, 5.74) is 0.403. The molecule has 8 heteroatoms. The summed E-state index contributed by atoms with van der Waals surface area (Å²) in [4.78, 5) is 13.5. The Hall–Kier alpha value is -2.15. The molecule has 1 aromatic carbocycles. The maximum atomic E-state index is 12.2. The van der Waals surface area contributed by atoms with Crippen molar-refractivity contribution < 1.29 is 14.3 Å². The number of carbonyl (C=O) groups excluding carboxylic acids is 1. The number of carbonyl (C=O) groups is 1. The third-order valence-corrected chi connectivity index (χ3v) is 2.90. The highest BCUT2D eigenvalue weighted by Crippen LogP contribution is 2.36. The maximum Gasteiger partial charge on any atom is 0.182 e. The standard InChI is InChI=1S/C12H13ClN4O3/c1-17-15-11(14-16-17)6-9(18)7-4-8(13)12(20-3)10(5-7)19-2/h4-5H,6H2,1-3H3. The van der Waals surface area contributed by atoms with Crippen LogP contribution in [0.25, 0.3) is 0 Å². The molecule has 0 aliphatic heterocycles. The van der Waals surface area contributed by atoms with E-state index in [0.717, 1.165) is 0 Å². The highest BCUT2D eigenvalue weighted by atomic mass is 35.5. The predicted molar refractivity (Wildman–Crippen MR) is 71.4 cm³/mol. The molecule has 0 amide bonds. The summed E-state index contributed by atoms with van der Waals surface area (Å²) >= 11 is 6.06. The van der Waals surface area contributed by atoms with Crippen LogP contribution in [0.5, 0.6) is 11.5 Å². The number of hydrogen-bond acceptors (Lipinski definition) is 6. The number of Topliss-reactive ketones (excluding diaryl/α,β-unsaturated/α-hetero) is 1. The molecule has 1 aromatic heterocycles. The average Bonchev–Trinajstić information content (AvgIpc) is 2.82. The van der Waals surface area contributed by atoms with Gasteiger partial charge in [-0.05, 0) is 17.3 Å². The zero-order valence-corrected chi connectivity index (χ0v) is 12.0. The van der Waals surface area contributed by atoms with E-state index in [-0.39, 0.29) is 12.2 Å². The number of halogens is 1.